The molecule has 1 aromatic heterocycles. The van der Waals surface area contributed by atoms with Crippen molar-refractivity contribution in [2.45, 2.75) is 39.8 Å². The van der Waals surface area contributed by atoms with Gasteiger partial charge in [-0.15, -0.1) is 0 Å². The number of aromatic amines is 1. The maximum Gasteiger partial charge on any atom is 0.269 e. The second-order valence-electron chi connectivity index (χ2n) is 6.18. The Morgan fingerprint density at radius 3 is 3.00 bits per heavy atom. The van der Waals surface area contributed by atoms with Crippen molar-refractivity contribution in [3.05, 3.63) is 62.1 Å². The summed E-state index contributed by atoms with van der Waals surface area (Å²) in [6.45, 7) is 5.70. The minimum Gasteiger partial charge on any atom is -0.352 e. The Labute approximate surface area is 140 Å². The van der Waals surface area contributed by atoms with Crippen LogP contribution in [0.4, 0.5) is 0 Å². The minimum absolute atomic E-state index is 0.0739. The van der Waals surface area contributed by atoms with Crippen LogP contribution in [0.1, 0.15) is 33.5 Å². The van der Waals surface area contributed by atoms with Crippen LogP contribution in [-0.4, -0.2) is 22.6 Å². The van der Waals surface area contributed by atoms with Gasteiger partial charge in [-0.1, -0.05) is 18.2 Å². The number of nitrogens with zero attached hydrogens (tertiary/aromatic N) is 1. The van der Waals surface area contributed by atoms with Crippen molar-refractivity contribution in [1.82, 2.24) is 20.8 Å². The van der Waals surface area contributed by atoms with E-state index in [1.807, 2.05) is 26.0 Å². The molecule has 3 N–H and O–H groups in total. The number of nitrogens with one attached hydrogen (secondary N) is 3. The van der Waals surface area contributed by atoms with Crippen molar-refractivity contribution in [1.29, 1.82) is 0 Å². The fourth-order valence-electron chi connectivity index (χ4n) is 3.09. The minimum atomic E-state index is -0.249. The molecule has 0 fully saturated rings. The van der Waals surface area contributed by atoms with Crippen molar-refractivity contribution in [2.24, 2.45) is 0 Å². The van der Waals surface area contributed by atoms with E-state index >= 15 is 0 Å². The molecule has 1 aliphatic heterocycles. The van der Waals surface area contributed by atoms with Gasteiger partial charge in [0.15, 0.2) is 0 Å². The monoisotopic (exact) mass is 326 g/mol. The number of fused-ring (bicyclic) bond motifs is 1. The highest BCUT2D eigenvalue weighted by Crippen LogP contribution is 2.19. The number of benzene rings is 1. The fraction of sp³-hybridized carbons (Fsp3) is 0.389. The quantitative estimate of drug-likeness (QED) is 0.779. The van der Waals surface area contributed by atoms with Crippen LogP contribution in [0.15, 0.2) is 23.0 Å². The number of aromatic nitrogens is 2. The summed E-state index contributed by atoms with van der Waals surface area (Å²) < 4.78 is 0. The number of amides is 1. The van der Waals surface area contributed by atoms with Crippen LogP contribution in [0.5, 0.6) is 0 Å². The summed E-state index contributed by atoms with van der Waals surface area (Å²) >= 11 is 0. The predicted octanol–water partition coefficient (Wildman–Crippen LogP) is 0.891. The Bertz CT molecular complexity index is 826. The molecule has 0 spiro atoms. The van der Waals surface area contributed by atoms with Crippen LogP contribution in [0.25, 0.3) is 0 Å². The van der Waals surface area contributed by atoms with Gasteiger partial charge in [0.05, 0.1) is 12.1 Å². The molecule has 0 bridgehead atoms. The molecule has 24 heavy (non-hydrogen) atoms. The molecule has 0 radical (unpaired) electrons. The standard InChI is InChI=1S/C18H22N4O2/c1-11-12(2)21-22-18(24)16(11)10-20-17(23)8-13-4-3-5-14-9-19-7-6-15(13)14/h3-5,19H,6-10H2,1-2H3,(H,20,23)(H,22,24). The topological polar surface area (TPSA) is 86.9 Å². The van der Waals surface area contributed by atoms with E-state index in [1.165, 1.54) is 11.1 Å². The summed E-state index contributed by atoms with van der Waals surface area (Å²) in [5.41, 5.74) is 5.52. The van der Waals surface area contributed by atoms with E-state index in [-0.39, 0.29) is 18.0 Å². The molecule has 0 atom stereocenters. The van der Waals surface area contributed by atoms with Gasteiger partial charge >= 0.3 is 0 Å². The van der Waals surface area contributed by atoms with Crippen molar-refractivity contribution in [3.8, 4) is 0 Å². The second-order valence-corrected chi connectivity index (χ2v) is 6.18. The Morgan fingerprint density at radius 1 is 1.33 bits per heavy atom. The van der Waals surface area contributed by atoms with Gasteiger partial charge in [-0.2, -0.15) is 5.10 Å². The van der Waals surface area contributed by atoms with Crippen LogP contribution in [-0.2, 0) is 30.7 Å². The first-order valence-electron chi connectivity index (χ1n) is 8.18. The summed E-state index contributed by atoms with van der Waals surface area (Å²) in [5.74, 6) is -0.0739. The zero-order valence-corrected chi connectivity index (χ0v) is 14.0. The summed E-state index contributed by atoms with van der Waals surface area (Å²) in [4.78, 5) is 24.2. The van der Waals surface area contributed by atoms with E-state index in [2.05, 4.69) is 26.9 Å². The van der Waals surface area contributed by atoms with E-state index in [9.17, 15) is 9.59 Å². The molecule has 3 rings (SSSR count). The lowest BCUT2D eigenvalue weighted by molar-refractivity contribution is -0.120. The molecule has 0 unspecified atom stereocenters. The van der Waals surface area contributed by atoms with Gasteiger partial charge in [0.25, 0.3) is 5.56 Å². The zero-order chi connectivity index (χ0) is 17.1. The first-order chi connectivity index (χ1) is 11.6. The normalized spacial score (nSPS) is 13.4. The van der Waals surface area contributed by atoms with Crippen molar-refractivity contribution in [3.63, 3.8) is 0 Å². The fourth-order valence-corrected chi connectivity index (χ4v) is 3.09. The second kappa shape index (κ2) is 6.97. The summed E-state index contributed by atoms with van der Waals surface area (Å²) in [6.07, 6.45) is 1.28. The maximum absolute atomic E-state index is 12.3. The van der Waals surface area contributed by atoms with Crippen molar-refractivity contribution >= 4 is 5.91 Å². The molecule has 1 aromatic carbocycles. The number of H-pyrrole nitrogens is 1. The van der Waals surface area contributed by atoms with E-state index < -0.39 is 0 Å². The molecule has 1 amide bonds. The molecule has 6 nitrogen and oxygen atoms in total. The van der Waals surface area contributed by atoms with Crippen molar-refractivity contribution in [2.75, 3.05) is 6.54 Å². The third-order valence-electron chi connectivity index (χ3n) is 4.65. The Morgan fingerprint density at radius 2 is 2.17 bits per heavy atom. The lowest BCUT2D eigenvalue weighted by Gasteiger charge is -2.20. The number of aryl methyl sites for hydroxylation is 1. The van der Waals surface area contributed by atoms with E-state index in [1.54, 1.807) is 0 Å². The van der Waals surface area contributed by atoms with E-state index in [0.29, 0.717) is 12.0 Å². The van der Waals surface area contributed by atoms with Crippen LogP contribution < -0.4 is 16.2 Å². The van der Waals surface area contributed by atoms with Gasteiger partial charge in [0, 0.05) is 18.7 Å². The van der Waals surface area contributed by atoms with E-state index in [0.717, 1.165) is 36.3 Å². The Hall–Kier alpha value is -2.47. The largest absolute Gasteiger partial charge is 0.352 e. The Kier molecular flexibility index (Phi) is 4.76. The molecule has 6 heteroatoms. The smallest absolute Gasteiger partial charge is 0.269 e. The van der Waals surface area contributed by atoms with Gasteiger partial charge in [0.2, 0.25) is 5.91 Å². The van der Waals surface area contributed by atoms with Gasteiger partial charge in [0.1, 0.15) is 0 Å². The highest BCUT2D eigenvalue weighted by molar-refractivity contribution is 5.79. The molecule has 1 aliphatic rings. The van der Waals surface area contributed by atoms with E-state index in [4.69, 9.17) is 0 Å². The first-order valence-corrected chi connectivity index (χ1v) is 8.18. The molecule has 0 saturated heterocycles. The average molecular weight is 326 g/mol. The highest BCUT2D eigenvalue weighted by Gasteiger charge is 2.15. The lowest BCUT2D eigenvalue weighted by atomic mass is 9.93. The molecule has 2 heterocycles. The zero-order valence-electron chi connectivity index (χ0n) is 14.0. The molecular formula is C18H22N4O2. The number of carbonyl (C=O) groups excluding carboxylic acids is 1. The highest BCUT2D eigenvalue weighted by atomic mass is 16.1. The maximum atomic E-state index is 12.3. The van der Waals surface area contributed by atoms with Crippen LogP contribution >= 0.6 is 0 Å². The van der Waals surface area contributed by atoms with Gasteiger partial charge in [-0.3, -0.25) is 9.59 Å². The third-order valence-corrected chi connectivity index (χ3v) is 4.65. The molecule has 2 aromatic rings. The molecule has 0 saturated carbocycles. The first kappa shape index (κ1) is 16.4. The number of hydrogen-bond donors (Lipinski definition) is 3. The number of hydrogen-bond acceptors (Lipinski definition) is 4. The van der Waals surface area contributed by atoms with Crippen LogP contribution in [0, 0.1) is 13.8 Å². The SMILES string of the molecule is Cc1n[nH]c(=O)c(CNC(=O)Cc2cccc3c2CCNC3)c1C. The van der Waals surface area contributed by atoms with Gasteiger partial charge in [-0.05, 0) is 49.1 Å². The van der Waals surface area contributed by atoms with Crippen LogP contribution in [0.3, 0.4) is 0 Å². The third kappa shape index (κ3) is 3.38. The molecule has 0 aliphatic carbocycles. The molecular weight excluding hydrogens is 304 g/mol. The molecule has 126 valence electrons. The number of rotatable bonds is 4. The Balaban J connectivity index is 1.69. The summed E-state index contributed by atoms with van der Waals surface area (Å²) in [5, 5.41) is 12.6. The summed E-state index contributed by atoms with van der Waals surface area (Å²) in [7, 11) is 0. The predicted molar refractivity (Wildman–Crippen MR) is 91.7 cm³/mol. The van der Waals surface area contributed by atoms with Crippen molar-refractivity contribution < 1.29 is 4.79 Å². The summed E-state index contributed by atoms with van der Waals surface area (Å²) in [6, 6.07) is 6.11. The van der Waals surface area contributed by atoms with Gasteiger partial charge < -0.3 is 10.6 Å². The van der Waals surface area contributed by atoms with Gasteiger partial charge in [-0.25, -0.2) is 5.10 Å². The average Bonchev–Trinajstić information content (AvgIpc) is 2.59. The number of carbonyl (C=O) groups is 1. The lowest BCUT2D eigenvalue weighted by Crippen LogP contribution is -2.30. The van der Waals surface area contributed by atoms with Crippen LogP contribution in [0.2, 0.25) is 0 Å².